The predicted octanol–water partition coefficient (Wildman–Crippen LogP) is 3.54. The molecule has 4 heteroatoms. The van der Waals surface area contributed by atoms with Gasteiger partial charge in [0.1, 0.15) is 0 Å². The Hall–Kier alpha value is 0.240. The number of hydrogen-bond donors (Lipinski definition) is 1. The standard InChI is InChI=1S/C8H9BrClN.ClH/c1-5(11)7-4-6(9)2-3-8(7)10;/h2-5H,11H2,1H3;1H/t5-;/m1./s1. The van der Waals surface area contributed by atoms with Gasteiger partial charge in [0.25, 0.3) is 0 Å². The van der Waals surface area contributed by atoms with E-state index in [1.165, 1.54) is 0 Å². The Morgan fingerprint density at radius 2 is 2.08 bits per heavy atom. The fraction of sp³-hybridized carbons (Fsp3) is 0.250. The van der Waals surface area contributed by atoms with Gasteiger partial charge in [0.15, 0.2) is 0 Å². The molecule has 0 fully saturated rings. The van der Waals surface area contributed by atoms with Gasteiger partial charge in [-0.05, 0) is 30.7 Å². The van der Waals surface area contributed by atoms with Crippen LogP contribution >= 0.6 is 39.9 Å². The van der Waals surface area contributed by atoms with Crippen molar-refractivity contribution in [1.29, 1.82) is 0 Å². The second kappa shape index (κ2) is 5.07. The average Bonchev–Trinajstić information content (AvgIpc) is 1.94. The molecule has 1 atom stereocenters. The Morgan fingerprint density at radius 3 is 2.50 bits per heavy atom. The summed E-state index contributed by atoms with van der Waals surface area (Å²) < 4.78 is 1.01. The van der Waals surface area contributed by atoms with E-state index in [1.54, 1.807) is 0 Å². The number of halogens is 3. The topological polar surface area (TPSA) is 26.0 Å². The second-order valence-corrected chi connectivity index (χ2v) is 3.78. The van der Waals surface area contributed by atoms with Crippen LogP contribution in [0.1, 0.15) is 18.5 Å². The zero-order valence-corrected chi connectivity index (χ0v) is 9.71. The highest BCUT2D eigenvalue weighted by Gasteiger charge is 2.04. The van der Waals surface area contributed by atoms with Gasteiger partial charge >= 0.3 is 0 Å². The van der Waals surface area contributed by atoms with Crippen LogP contribution in [0.2, 0.25) is 5.02 Å². The largest absolute Gasteiger partial charge is 0.324 e. The van der Waals surface area contributed by atoms with Crippen molar-refractivity contribution in [3.8, 4) is 0 Å². The highest BCUT2D eigenvalue weighted by molar-refractivity contribution is 9.10. The maximum absolute atomic E-state index is 5.89. The van der Waals surface area contributed by atoms with E-state index < -0.39 is 0 Å². The fourth-order valence-corrected chi connectivity index (χ4v) is 1.53. The molecule has 0 unspecified atom stereocenters. The van der Waals surface area contributed by atoms with Crippen LogP contribution in [-0.4, -0.2) is 0 Å². The normalized spacial score (nSPS) is 12.0. The lowest BCUT2D eigenvalue weighted by Gasteiger charge is -2.07. The molecule has 0 aliphatic heterocycles. The molecular weight excluding hydrogens is 261 g/mol. The molecule has 0 saturated carbocycles. The van der Waals surface area contributed by atoms with Gasteiger partial charge in [-0.25, -0.2) is 0 Å². The van der Waals surface area contributed by atoms with Crippen LogP contribution in [0.25, 0.3) is 0 Å². The molecule has 2 N–H and O–H groups in total. The van der Waals surface area contributed by atoms with Crippen molar-refractivity contribution in [3.63, 3.8) is 0 Å². The summed E-state index contributed by atoms with van der Waals surface area (Å²) >= 11 is 9.24. The maximum atomic E-state index is 5.89. The van der Waals surface area contributed by atoms with Gasteiger partial charge in [0, 0.05) is 15.5 Å². The van der Waals surface area contributed by atoms with Crippen molar-refractivity contribution in [2.75, 3.05) is 0 Å². The molecule has 0 aromatic heterocycles. The Kier molecular flexibility index (Phi) is 5.18. The first-order chi connectivity index (χ1) is 5.11. The molecule has 0 heterocycles. The van der Waals surface area contributed by atoms with Crippen molar-refractivity contribution in [3.05, 3.63) is 33.3 Å². The van der Waals surface area contributed by atoms with Crippen LogP contribution in [0.15, 0.2) is 22.7 Å². The Morgan fingerprint density at radius 1 is 1.50 bits per heavy atom. The minimum Gasteiger partial charge on any atom is -0.324 e. The first kappa shape index (κ1) is 12.2. The van der Waals surface area contributed by atoms with E-state index in [-0.39, 0.29) is 18.4 Å². The third kappa shape index (κ3) is 2.94. The summed E-state index contributed by atoms with van der Waals surface area (Å²) in [4.78, 5) is 0. The third-order valence-corrected chi connectivity index (χ3v) is 2.29. The average molecular weight is 271 g/mol. The second-order valence-electron chi connectivity index (χ2n) is 2.45. The summed E-state index contributed by atoms with van der Waals surface area (Å²) in [5, 5.41) is 0.725. The number of rotatable bonds is 1. The van der Waals surface area contributed by atoms with Crippen LogP contribution in [0, 0.1) is 0 Å². The molecule has 1 rings (SSSR count). The SMILES string of the molecule is C[C@@H](N)c1cc(Br)ccc1Cl.Cl. The summed E-state index contributed by atoms with van der Waals surface area (Å²) in [6.45, 7) is 1.91. The first-order valence-corrected chi connectivity index (χ1v) is 4.49. The molecule has 68 valence electrons. The lowest BCUT2D eigenvalue weighted by atomic mass is 10.1. The van der Waals surface area contributed by atoms with Crippen LogP contribution in [0.5, 0.6) is 0 Å². The number of nitrogens with two attached hydrogens (primary N) is 1. The highest BCUT2D eigenvalue weighted by Crippen LogP contribution is 2.24. The van der Waals surface area contributed by atoms with E-state index in [1.807, 2.05) is 25.1 Å². The maximum Gasteiger partial charge on any atom is 0.0454 e. The molecule has 0 radical (unpaired) electrons. The van der Waals surface area contributed by atoms with E-state index in [0.29, 0.717) is 0 Å². The molecule has 0 amide bonds. The van der Waals surface area contributed by atoms with Gasteiger partial charge in [-0.2, -0.15) is 0 Å². The molecular formula is C8H10BrCl2N. The van der Waals surface area contributed by atoms with Gasteiger partial charge in [0.2, 0.25) is 0 Å². The predicted molar refractivity (Wildman–Crippen MR) is 59.0 cm³/mol. The molecule has 0 spiro atoms. The van der Waals surface area contributed by atoms with Crippen molar-refractivity contribution < 1.29 is 0 Å². The Bertz CT molecular complexity index is 263. The Balaban J connectivity index is 0.00000121. The van der Waals surface area contributed by atoms with Crippen LogP contribution < -0.4 is 5.73 Å². The van der Waals surface area contributed by atoms with E-state index in [0.717, 1.165) is 15.1 Å². The molecule has 1 aromatic rings. The van der Waals surface area contributed by atoms with Gasteiger partial charge in [0.05, 0.1) is 0 Å². The van der Waals surface area contributed by atoms with Crippen molar-refractivity contribution in [1.82, 2.24) is 0 Å². The molecule has 0 bridgehead atoms. The monoisotopic (exact) mass is 269 g/mol. The van der Waals surface area contributed by atoms with E-state index >= 15 is 0 Å². The summed E-state index contributed by atoms with van der Waals surface area (Å²) in [5.74, 6) is 0. The lowest BCUT2D eigenvalue weighted by Crippen LogP contribution is -2.05. The van der Waals surface area contributed by atoms with Crippen LogP contribution in [0.4, 0.5) is 0 Å². The summed E-state index contributed by atoms with van der Waals surface area (Å²) in [7, 11) is 0. The fourth-order valence-electron chi connectivity index (χ4n) is 0.864. The highest BCUT2D eigenvalue weighted by atomic mass is 79.9. The van der Waals surface area contributed by atoms with Gasteiger partial charge in [-0.3, -0.25) is 0 Å². The van der Waals surface area contributed by atoms with E-state index in [9.17, 15) is 0 Å². The summed E-state index contributed by atoms with van der Waals surface area (Å²) in [5.41, 5.74) is 6.65. The third-order valence-electron chi connectivity index (χ3n) is 1.45. The zero-order chi connectivity index (χ0) is 8.43. The van der Waals surface area contributed by atoms with E-state index in [4.69, 9.17) is 17.3 Å². The van der Waals surface area contributed by atoms with Gasteiger partial charge in [-0.15, -0.1) is 12.4 Å². The molecule has 0 saturated heterocycles. The van der Waals surface area contributed by atoms with Crippen molar-refractivity contribution >= 4 is 39.9 Å². The first-order valence-electron chi connectivity index (χ1n) is 3.32. The van der Waals surface area contributed by atoms with Crippen LogP contribution in [-0.2, 0) is 0 Å². The summed E-state index contributed by atoms with van der Waals surface area (Å²) in [6, 6.07) is 5.66. The minimum absolute atomic E-state index is 0. The molecule has 0 aliphatic carbocycles. The van der Waals surface area contributed by atoms with Crippen LogP contribution in [0.3, 0.4) is 0 Å². The van der Waals surface area contributed by atoms with Gasteiger partial charge < -0.3 is 5.73 Å². The van der Waals surface area contributed by atoms with E-state index in [2.05, 4.69) is 15.9 Å². The lowest BCUT2D eigenvalue weighted by molar-refractivity contribution is 0.818. The van der Waals surface area contributed by atoms with Gasteiger partial charge in [-0.1, -0.05) is 27.5 Å². The number of hydrogen-bond acceptors (Lipinski definition) is 1. The minimum atomic E-state index is -0.0139. The van der Waals surface area contributed by atoms with Crippen molar-refractivity contribution in [2.45, 2.75) is 13.0 Å². The zero-order valence-electron chi connectivity index (χ0n) is 6.55. The molecule has 0 aliphatic rings. The smallest absolute Gasteiger partial charge is 0.0454 e. The molecule has 12 heavy (non-hydrogen) atoms. The number of benzene rings is 1. The summed E-state index contributed by atoms with van der Waals surface area (Å²) in [6.07, 6.45) is 0. The molecule has 1 nitrogen and oxygen atoms in total. The quantitative estimate of drug-likeness (QED) is 0.830. The molecule has 1 aromatic carbocycles. The Labute approximate surface area is 91.8 Å². The van der Waals surface area contributed by atoms with Crippen molar-refractivity contribution in [2.24, 2.45) is 5.73 Å².